The molecule has 2 nitrogen and oxygen atoms in total. The summed E-state index contributed by atoms with van der Waals surface area (Å²) < 4.78 is 0. The lowest BCUT2D eigenvalue weighted by molar-refractivity contribution is 0.362. The smallest absolute Gasteiger partial charge is 0.0394 e. The average Bonchev–Trinajstić information content (AvgIpc) is 2.14. The van der Waals surface area contributed by atoms with Gasteiger partial charge in [-0.05, 0) is 49.9 Å². The normalized spacial score (nSPS) is 18.1. The summed E-state index contributed by atoms with van der Waals surface area (Å²) in [6.45, 7) is 7.73. The fourth-order valence-electron chi connectivity index (χ4n) is 2.48. The van der Waals surface area contributed by atoms with Crippen LogP contribution in [0, 0.1) is 6.92 Å². The lowest BCUT2D eigenvalue weighted by atomic mass is 9.86. The summed E-state index contributed by atoms with van der Waals surface area (Å²) >= 11 is 0. The molecule has 0 aromatic heterocycles. The summed E-state index contributed by atoms with van der Waals surface area (Å²) in [4.78, 5) is 2.19. The molecule has 16 heavy (non-hydrogen) atoms. The van der Waals surface area contributed by atoms with Crippen molar-refractivity contribution in [1.82, 2.24) is 5.32 Å². The van der Waals surface area contributed by atoms with Gasteiger partial charge >= 0.3 is 0 Å². The van der Waals surface area contributed by atoms with Gasteiger partial charge in [0, 0.05) is 31.9 Å². The van der Waals surface area contributed by atoms with Crippen LogP contribution in [-0.2, 0) is 13.0 Å². The van der Waals surface area contributed by atoms with Gasteiger partial charge < -0.3 is 10.2 Å². The topological polar surface area (TPSA) is 15.3 Å². The molecule has 0 atom stereocenters. The van der Waals surface area contributed by atoms with Gasteiger partial charge in [-0.1, -0.05) is 6.07 Å². The van der Waals surface area contributed by atoms with E-state index in [4.69, 9.17) is 0 Å². The Balaban J connectivity index is 2.42. The van der Waals surface area contributed by atoms with E-state index in [0.717, 1.165) is 13.0 Å². The molecule has 1 aliphatic rings. The summed E-state index contributed by atoms with van der Waals surface area (Å²) in [7, 11) is 4.21. The van der Waals surface area contributed by atoms with Crippen LogP contribution in [-0.4, -0.2) is 19.6 Å². The first kappa shape index (κ1) is 11.5. The molecule has 0 bridgehead atoms. The van der Waals surface area contributed by atoms with E-state index in [2.05, 4.69) is 57.2 Å². The molecule has 0 spiro atoms. The molecular formula is C14H22N2. The fourth-order valence-corrected chi connectivity index (χ4v) is 2.48. The Hall–Kier alpha value is -1.02. The zero-order chi connectivity index (χ0) is 11.9. The maximum Gasteiger partial charge on any atom is 0.0394 e. The Bertz CT molecular complexity index is 405. The molecule has 88 valence electrons. The second-order valence-corrected chi connectivity index (χ2v) is 5.72. The van der Waals surface area contributed by atoms with Crippen LogP contribution in [0.1, 0.15) is 30.5 Å². The highest BCUT2D eigenvalue weighted by atomic mass is 15.1. The fraction of sp³-hybridized carbons (Fsp3) is 0.571. The molecule has 0 aliphatic carbocycles. The van der Waals surface area contributed by atoms with Gasteiger partial charge in [-0.2, -0.15) is 0 Å². The van der Waals surface area contributed by atoms with Crippen LogP contribution in [0.3, 0.4) is 0 Å². The minimum Gasteiger partial charge on any atom is -0.377 e. The highest BCUT2D eigenvalue weighted by Gasteiger charge is 2.25. The quantitative estimate of drug-likeness (QED) is 0.779. The second-order valence-electron chi connectivity index (χ2n) is 5.72. The van der Waals surface area contributed by atoms with E-state index in [-0.39, 0.29) is 5.54 Å². The molecule has 0 radical (unpaired) electrons. The van der Waals surface area contributed by atoms with Crippen LogP contribution < -0.4 is 10.2 Å². The van der Waals surface area contributed by atoms with Crippen molar-refractivity contribution in [2.24, 2.45) is 0 Å². The van der Waals surface area contributed by atoms with Gasteiger partial charge in [0.2, 0.25) is 0 Å². The van der Waals surface area contributed by atoms with Crippen LogP contribution in [0.25, 0.3) is 0 Å². The maximum atomic E-state index is 3.58. The maximum absolute atomic E-state index is 3.58. The molecular weight excluding hydrogens is 196 g/mol. The number of rotatable bonds is 1. The number of nitrogens with one attached hydrogen (secondary N) is 1. The van der Waals surface area contributed by atoms with Crippen molar-refractivity contribution < 1.29 is 0 Å². The monoisotopic (exact) mass is 218 g/mol. The largest absolute Gasteiger partial charge is 0.377 e. The summed E-state index contributed by atoms with van der Waals surface area (Å²) in [5.41, 5.74) is 5.90. The Labute approximate surface area is 98.7 Å². The third kappa shape index (κ3) is 2.07. The van der Waals surface area contributed by atoms with Crippen LogP contribution in [0.5, 0.6) is 0 Å². The van der Waals surface area contributed by atoms with Crippen LogP contribution in [0.2, 0.25) is 0 Å². The predicted molar refractivity (Wildman–Crippen MR) is 70.1 cm³/mol. The molecule has 1 aromatic carbocycles. The van der Waals surface area contributed by atoms with Gasteiger partial charge in [-0.15, -0.1) is 0 Å². The van der Waals surface area contributed by atoms with E-state index < -0.39 is 0 Å². The molecule has 2 heteroatoms. The van der Waals surface area contributed by atoms with Gasteiger partial charge in [-0.25, -0.2) is 0 Å². The lowest BCUT2D eigenvalue weighted by Crippen LogP contribution is -2.44. The van der Waals surface area contributed by atoms with Gasteiger partial charge in [0.05, 0.1) is 0 Å². The number of anilines is 1. The molecule has 0 amide bonds. The van der Waals surface area contributed by atoms with Crippen LogP contribution in [0.15, 0.2) is 12.1 Å². The predicted octanol–water partition coefficient (Wildman–Crippen LogP) is 2.49. The standard InChI is InChI=1S/C14H22N2/c1-10-6-11-8-14(2,3)15-9-12(11)7-13(10)16(4)5/h6-7,15H,8-9H2,1-5H3. The number of fused-ring (bicyclic) bond motifs is 1. The number of hydrogen-bond donors (Lipinski definition) is 1. The third-order valence-corrected chi connectivity index (χ3v) is 3.39. The van der Waals surface area contributed by atoms with E-state index in [1.54, 1.807) is 0 Å². The molecule has 0 saturated carbocycles. The highest BCUT2D eigenvalue weighted by molar-refractivity contribution is 5.57. The molecule has 1 N–H and O–H groups in total. The van der Waals surface area contributed by atoms with Crippen molar-refractivity contribution >= 4 is 5.69 Å². The molecule has 1 heterocycles. The van der Waals surface area contributed by atoms with Crippen LogP contribution in [0.4, 0.5) is 5.69 Å². The Morgan fingerprint density at radius 2 is 1.88 bits per heavy atom. The van der Waals surface area contributed by atoms with Crippen molar-refractivity contribution in [1.29, 1.82) is 0 Å². The number of aryl methyl sites for hydroxylation is 1. The van der Waals surface area contributed by atoms with Gasteiger partial charge in [-0.3, -0.25) is 0 Å². The van der Waals surface area contributed by atoms with Gasteiger partial charge in [0.25, 0.3) is 0 Å². The van der Waals surface area contributed by atoms with E-state index in [0.29, 0.717) is 0 Å². The minimum atomic E-state index is 0.235. The summed E-state index contributed by atoms with van der Waals surface area (Å²) in [5, 5.41) is 3.58. The second kappa shape index (κ2) is 3.77. The Morgan fingerprint density at radius 1 is 1.19 bits per heavy atom. The molecule has 0 fully saturated rings. The molecule has 0 saturated heterocycles. The molecule has 0 unspecified atom stereocenters. The van der Waals surface area contributed by atoms with E-state index in [1.807, 2.05) is 0 Å². The summed E-state index contributed by atoms with van der Waals surface area (Å²) in [5.74, 6) is 0. The summed E-state index contributed by atoms with van der Waals surface area (Å²) in [6, 6.07) is 4.68. The Morgan fingerprint density at radius 3 is 2.50 bits per heavy atom. The minimum absolute atomic E-state index is 0.235. The molecule has 2 rings (SSSR count). The first-order valence-electron chi connectivity index (χ1n) is 5.94. The van der Waals surface area contributed by atoms with E-state index >= 15 is 0 Å². The van der Waals surface area contributed by atoms with E-state index in [1.165, 1.54) is 22.4 Å². The van der Waals surface area contributed by atoms with Crippen molar-refractivity contribution in [3.05, 3.63) is 28.8 Å². The zero-order valence-corrected chi connectivity index (χ0v) is 11.0. The number of benzene rings is 1. The van der Waals surface area contributed by atoms with E-state index in [9.17, 15) is 0 Å². The molecule has 1 aliphatic heterocycles. The number of hydrogen-bond acceptors (Lipinski definition) is 2. The van der Waals surface area contributed by atoms with Gasteiger partial charge in [0.1, 0.15) is 0 Å². The van der Waals surface area contributed by atoms with Crippen molar-refractivity contribution in [3.8, 4) is 0 Å². The highest BCUT2D eigenvalue weighted by Crippen LogP contribution is 2.29. The Kier molecular flexibility index (Phi) is 2.70. The number of nitrogens with zero attached hydrogens (tertiary/aromatic N) is 1. The lowest BCUT2D eigenvalue weighted by Gasteiger charge is -2.34. The van der Waals surface area contributed by atoms with Crippen LogP contribution >= 0.6 is 0 Å². The first-order valence-corrected chi connectivity index (χ1v) is 5.94. The van der Waals surface area contributed by atoms with Gasteiger partial charge in [0.15, 0.2) is 0 Å². The SMILES string of the molecule is Cc1cc2c(cc1N(C)C)CNC(C)(C)C2. The third-order valence-electron chi connectivity index (χ3n) is 3.39. The zero-order valence-electron chi connectivity index (χ0n) is 11.0. The molecule has 1 aromatic rings. The summed E-state index contributed by atoms with van der Waals surface area (Å²) in [6.07, 6.45) is 1.12. The van der Waals surface area contributed by atoms with Crippen molar-refractivity contribution in [2.45, 2.75) is 39.3 Å². The van der Waals surface area contributed by atoms with Crippen molar-refractivity contribution in [2.75, 3.05) is 19.0 Å². The average molecular weight is 218 g/mol. The van der Waals surface area contributed by atoms with Crippen molar-refractivity contribution in [3.63, 3.8) is 0 Å². The first-order chi connectivity index (χ1) is 7.39.